The molecule has 0 spiro atoms. The van der Waals surface area contributed by atoms with Gasteiger partial charge in [0.05, 0.1) is 5.92 Å². The largest absolute Gasteiger partial charge is 0.481 e. The van der Waals surface area contributed by atoms with Gasteiger partial charge in [-0.3, -0.25) is 4.79 Å². The maximum atomic E-state index is 11.4. The zero-order chi connectivity index (χ0) is 13.8. The topological polar surface area (TPSA) is 78.4 Å². The van der Waals surface area contributed by atoms with Gasteiger partial charge in [-0.2, -0.15) is 11.8 Å². The molecule has 0 aromatic rings. The molecule has 3 N–H and O–H groups in total. The van der Waals surface area contributed by atoms with Gasteiger partial charge in [-0.15, -0.1) is 0 Å². The zero-order valence-corrected chi connectivity index (χ0v) is 12.0. The number of amides is 2. The number of thioether (sulfide) groups is 1. The van der Waals surface area contributed by atoms with Crippen LogP contribution in [-0.4, -0.2) is 42.2 Å². The maximum absolute atomic E-state index is 11.4. The van der Waals surface area contributed by atoms with Gasteiger partial charge in [0, 0.05) is 13.1 Å². The molecule has 0 bridgehead atoms. The molecule has 0 saturated heterocycles. The Hall–Kier alpha value is -0.910. The van der Waals surface area contributed by atoms with Crippen molar-refractivity contribution in [1.29, 1.82) is 0 Å². The Morgan fingerprint density at radius 2 is 2.00 bits per heavy atom. The fourth-order valence-corrected chi connectivity index (χ4v) is 2.01. The molecule has 106 valence electrons. The molecule has 6 heteroatoms. The van der Waals surface area contributed by atoms with Gasteiger partial charge < -0.3 is 15.7 Å². The lowest BCUT2D eigenvalue weighted by Gasteiger charge is -2.12. The van der Waals surface area contributed by atoms with E-state index in [1.54, 1.807) is 11.8 Å². The van der Waals surface area contributed by atoms with Crippen LogP contribution in [0.2, 0.25) is 0 Å². The minimum absolute atomic E-state index is 0.194. The van der Waals surface area contributed by atoms with E-state index in [1.807, 2.05) is 6.92 Å². The molecule has 2 amide bonds. The van der Waals surface area contributed by atoms with Gasteiger partial charge >= 0.3 is 12.0 Å². The average molecular weight is 276 g/mol. The fourth-order valence-electron chi connectivity index (χ4n) is 1.51. The first kappa shape index (κ1) is 17.1. The predicted octanol–water partition coefficient (Wildman–Crippen LogP) is 1.93. The Balaban J connectivity index is 3.64. The number of carboxylic acids is 1. The Morgan fingerprint density at radius 1 is 1.28 bits per heavy atom. The lowest BCUT2D eigenvalue weighted by Crippen LogP contribution is -2.40. The van der Waals surface area contributed by atoms with Gasteiger partial charge in [0.1, 0.15) is 0 Å². The minimum atomic E-state index is -0.850. The molecule has 0 fully saturated rings. The molecule has 0 aliphatic rings. The van der Waals surface area contributed by atoms with Crippen molar-refractivity contribution in [1.82, 2.24) is 10.6 Å². The number of hydrogen-bond donors (Lipinski definition) is 3. The van der Waals surface area contributed by atoms with Crippen LogP contribution in [0.1, 0.15) is 32.6 Å². The van der Waals surface area contributed by atoms with E-state index in [9.17, 15) is 9.59 Å². The van der Waals surface area contributed by atoms with Crippen molar-refractivity contribution in [3.63, 3.8) is 0 Å². The fraction of sp³-hybridized carbons (Fsp3) is 0.833. The van der Waals surface area contributed by atoms with Gasteiger partial charge in [-0.25, -0.2) is 4.79 Å². The normalized spacial score (nSPS) is 11.9. The van der Waals surface area contributed by atoms with Crippen LogP contribution in [0.3, 0.4) is 0 Å². The van der Waals surface area contributed by atoms with Crippen LogP contribution in [-0.2, 0) is 4.79 Å². The highest BCUT2D eigenvalue weighted by Gasteiger charge is 2.16. The van der Waals surface area contributed by atoms with Gasteiger partial charge in [0.25, 0.3) is 0 Å². The van der Waals surface area contributed by atoms with Crippen LogP contribution in [0, 0.1) is 5.92 Å². The number of aliphatic carboxylic acids is 1. The number of nitrogens with one attached hydrogen (secondary N) is 2. The van der Waals surface area contributed by atoms with Crippen molar-refractivity contribution in [3.05, 3.63) is 0 Å². The smallest absolute Gasteiger partial charge is 0.314 e. The standard InChI is InChI=1S/C12H24N2O3S/c1-3-6-10(11(15)16)9-14-12(17)13-7-4-5-8-18-2/h10H,3-9H2,1-2H3,(H,15,16)(H2,13,14,17). The minimum Gasteiger partial charge on any atom is -0.481 e. The second-order valence-corrected chi connectivity index (χ2v) is 5.15. The number of carbonyl (C=O) groups is 2. The summed E-state index contributed by atoms with van der Waals surface area (Å²) in [5.41, 5.74) is 0. The second-order valence-electron chi connectivity index (χ2n) is 4.16. The van der Waals surface area contributed by atoms with Crippen LogP contribution >= 0.6 is 11.8 Å². The Kier molecular flexibility index (Phi) is 10.6. The van der Waals surface area contributed by atoms with Crippen molar-refractivity contribution >= 4 is 23.8 Å². The lowest BCUT2D eigenvalue weighted by atomic mass is 10.0. The van der Waals surface area contributed by atoms with Crippen molar-refractivity contribution < 1.29 is 14.7 Å². The molecular formula is C12H24N2O3S. The number of urea groups is 1. The average Bonchev–Trinajstić information content (AvgIpc) is 2.33. The van der Waals surface area contributed by atoms with E-state index in [2.05, 4.69) is 16.9 Å². The number of carboxylic acid groups (broad SMARTS) is 1. The Labute approximate surface area is 113 Å². The summed E-state index contributed by atoms with van der Waals surface area (Å²) >= 11 is 1.79. The summed E-state index contributed by atoms with van der Waals surface area (Å²) in [6.45, 7) is 2.76. The molecular weight excluding hydrogens is 252 g/mol. The van der Waals surface area contributed by atoms with Crippen molar-refractivity contribution in [2.75, 3.05) is 25.1 Å². The summed E-state index contributed by atoms with van der Waals surface area (Å²) < 4.78 is 0. The van der Waals surface area contributed by atoms with E-state index in [0.29, 0.717) is 13.0 Å². The quantitative estimate of drug-likeness (QED) is 0.533. The van der Waals surface area contributed by atoms with Crippen molar-refractivity contribution in [3.8, 4) is 0 Å². The summed E-state index contributed by atoms with van der Waals surface area (Å²) in [4.78, 5) is 22.2. The van der Waals surface area contributed by atoms with Gasteiger partial charge in [0.2, 0.25) is 0 Å². The van der Waals surface area contributed by atoms with E-state index >= 15 is 0 Å². The SMILES string of the molecule is CCCC(CNC(=O)NCCCCSC)C(=O)O. The van der Waals surface area contributed by atoms with E-state index in [0.717, 1.165) is 25.0 Å². The molecule has 0 rings (SSSR count). The summed E-state index contributed by atoms with van der Waals surface area (Å²) in [5.74, 6) is -0.240. The number of hydrogen-bond acceptors (Lipinski definition) is 3. The number of rotatable bonds is 10. The molecule has 0 radical (unpaired) electrons. The molecule has 5 nitrogen and oxygen atoms in total. The van der Waals surface area contributed by atoms with Gasteiger partial charge in [-0.05, 0) is 31.3 Å². The first-order valence-electron chi connectivity index (χ1n) is 6.35. The molecule has 0 aromatic carbocycles. The maximum Gasteiger partial charge on any atom is 0.314 e. The van der Waals surface area contributed by atoms with Crippen LogP contribution < -0.4 is 10.6 Å². The third-order valence-corrected chi connectivity index (χ3v) is 3.25. The van der Waals surface area contributed by atoms with Crippen molar-refractivity contribution in [2.24, 2.45) is 5.92 Å². The highest BCUT2D eigenvalue weighted by Crippen LogP contribution is 2.04. The molecule has 0 aliphatic heterocycles. The third kappa shape index (κ3) is 9.15. The first-order valence-corrected chi connectivity index (χ1v) is 7.74. The molecule has 0 saturated carbocycles. The van der Waals surface area contributed by atoms with Crippen LogP contribution in [0.15, 0.2) is 0 Å². The molecule has 1 unspecified atom stereocenters. The molecule has 0 aromatic heterocycles. The molecule has 18 heavy (non-hydrogen) atoms. The van der Waals surface area contributed by atoms with Crippen LogP contribution in [0.25, 0.3) is 0 Å². The van der Waals surface area contributed by atoms with Gasteiger partial charge in [0.15, 0.2) is 0 Å². The van der Waals surface area contributed by atoms with Crippen LogP contribution in [0.5, 0.6) is 0 Å². The van der Waals surface area contributed by atoms with E-state index in [-0.39, 0.29) is 12.6 Å². The highest BCUT2D eigenvalue weighted by molar-refractivity contribution is 7.98. The van der Waals surface area contributed by atoms with Crippen LogP contribution in [0.4, 0.5) is 4.79 Å². The van der Waals surface area contributed by atoms with Gasteiger partial charge in [-0.1, -0.05) is 13.3 Å². The summed E-state index contributed by atoms with van der Waals surface area (Å²) in [5, 5.41) is 14.2. The number of carbonyl (C=O) groups excluding carboxylic acids is 1. The van der Waals surface area contributed by atoms with Crippen molar-refractivity contribution in [2.45, 2.75) is 32.6 Å². The lowest BCUT2D eigenvalue weighted by molar-refractivity contribution is -0.141. The zero-order valence-electron chi connectivity index (χ0n) is 11.2. The predicted molar refractivity (Wildman–Crippen MR) is 75.1 cm³/mol. The van der Waals surface area contributed by atoms with E-state index in [1.165, 1.54) is 0 Å². The summed E-state index contributed by atoms with van der Waals surface area (Å²) in [6.07, 6.45) is 5.47. The van der Waals surface area contributed by atoms with E-state index in [4.69, 9.17) is 5.11 Å². The molecule has 1 atom stereocenters. The second kappa shape index (κ2) is 11.2. The molecule has 0 aliphatic carbocycles. The highest BCUT2D eigenvalue weighted by atomic mass is 32.2. The summed E-state index contributed by atoms with van der Waals surface area (Å²) in [6, 6.07) is -0.276. The monoisotopic (exact) mass is 276 g/mol. The Morgan fingerprint density at radius 3 is 2.56 bits per heavy atom. The Bertz CT molecular complexity index is 249. The first-order chi connectivity index (χ1) is 8.61. The third-order valence-electron chi connectivity index (χ3n) is 2.56. The van der Waals surface area contributed by atoms with E-state index < -0.39 is 11.9 Å². The molecule has 0 heterocycles. The summed E-state index contributed by atoms with van der Waals surface area (Å²) in [7, 11) is 0. The number of unbranched alkanes of at least 4 members (excludes halogenated alkanes) is 1.